The summed E-state index contributed by atoms with van der Waals surface area (Å²) in [5.74, 6) is 0.463. The van der Waals surface area contributed by atoms with E-state index < -0.39 is 42.7 Å². The number of benzene rings is 3. The zero-order valence-corrected chi connectivity index (χ0v) is 22.1. The molecular formula is C29H27F6NO4. The minimum atomic E-state index is -4.77. The van der Waals surface area contributed by atoms with Crippen LogP contribution in [0, 0.1) is 0 Å². The van der Waals surface area contributed by atoms with Crippen molar-refractivity contribution in [2.45, 2.75) is 45.2 Å². The molecule has 0 bridgehead atoms. The normalized spacial score (nSPS) is 11.9. The quantitative estimate of drug-likeness (QED) is 0.204. The van der Waals surface area contributed by atoms with Crippen LogP contribution in [0.4, 0.5) is 31.1 Å². The number of methoxy groups -OCH3 is 2. The fourth-order valence-corrected chi connectivity index (χ4v) is 4.24. The van der Waals surface area contributed by atoms with Gasteiger partial charge in [0, 0.05) is 24.2 Å². The van der Waals surface area contributed by atoms with Crippen LogP contribution in [0.2, 0.25) is 0 Å². The van der Waals surface area contributed by atoms with Crippen LogP contribution in [0.1, 0.15) is 57.9 Å². The van der Waals surface area contributed by atoms with E-state index in [2.05, 4.69) is 0 Å². The van der Waals surface area contributed by atoms with Gasteiger partial charge in [0.15, 0.2) is 0 Å². The molecule has 0 spiro atoms. The van der Waals surface area contributed by atoms with E-state index >= 15 is 0 Å². The molecule has 5 nitrogen and oxygen atoms in total. The Balaban J connectivity index is 2.17. The van der Waals surface area contributed by atoms with Crippen molar-refractivity contribution in [1.82, 2.24) is 4.90 Å². The van der Waals surface area contributed by atoms with E-state index in [-0.39, 0.29) is 28.9 Å². The highest BCUT2D eigenvalue weighted by molar-refractivity contribution is 5.77. The van der Waals surface area contributed by atoms with Gasteiger partial charge < -0.3 is 9.47 Å². The van der Waals surface area contributed by atoms with Crippen molar-refractivity contribution >= 4 is 12.4 Å². The zero-order valence-electron chi connectivity index (χ0n) is 22.1. The number of carbonyl (C=O) groups is 2. The lowest BCUT2D eigenvalue weighted by molar-refractivity contribution is -0.138. The Kier molecular flexibility index (Phi) is 9.17. The predicted molar refractivity (Wildman–Crippen MR) is 136 cm³/mol. The summed E-state index contributed by atoms with van der Waals surface area (Å²) in [6.07, 6.45) is -10.2. The summed E-state index contributed by atoms with van der Waals surface area (Å²) in [6.45, 7) is 2.96. The Morgan fingerprint density at radius 3 is 2.08 bits per heavy atom. The number of carbonyl (C=O) groups excluding carboxylic acids is 2. The second-order valence-electron chi connectivity index (χ2n) is 9.39. The van der Waals surface area contributed by atoms with E-state index in [0.717, 1.165) is 35.8 Å². The smallest absolute Gasteiger partial charge is 0.416 e. The Bertz CT molecular complexity index is 1380. The van der Waals surface area contributed by atoms with E-state index in [9.17, 15) is 35.9 Å². The van der Waals surface area contributed by atoms with Crippen molar-refractivity contribution in [2.24, 2.45) is 0 Å². The van der Waals surface area contributed by atoms with Gasteiger partial charge in [-0.2, -0.15) is 26.3 Å². The summed E-state index contributed by atoms with van der Waals surface area (Å²) in [5, 5.41) is 0. The summed E-state index contributed by atoms with van der Waals surface area (Å²) in [6, 6.07) is 11.0. The van der Waals surface area contributed by atoms with Gasteiger partial charge in [0.1, 0.15) is 12.0 Å². The molecule has 0 aliphatic carbocycles. The van der Waals surface area contributed by atoms with Gasteiger partial charge in [-0.1, -0.05) is 26.0 Å². The number of hydrogen-bond donors (Lipinski definition) is 0. The summed E-state index contributed by atoms with van der Waals surface area (Å²) >= 11 is 0. The first-order chi connectivity index (χ1) is 18.7. The Morgan fingerprint density at radius 2 is 1.52 bits per heavy atom. The third kappa shape index (κ3) is 7.13. The van der Waals surface area contributed by atoms with Crippen LogP contribution in [-0.2, 0) is 30.2 Å². The topological polar surface area (TPSA) is 55.8 Å². The highest BCUT2D eigenvalue weighted by Crippen LogP contribution is 2.39. The average Bonchev–Trinajstić information content (AvgIpc) is 2.90. The number of aldehydes is 1. The monoisotopic (exact) mass is 567 g/mol. The van der Waals surface area contributed by atoms with Crippen molar-refractivity contribution in [2.75, 3.05) is 14.2 Å². The van der Waals surface area contributed by atoms with Crippen LogP contribution in [0.25, 0.3) is 11.1 Å². The number of ether oxygens (including phenoxy) is 2. The van der Waals surface area contributed by atoms with Crippen LogP contribution in [0.15, 0.2) is 54.6 Å². The van der Waals surface area contributed by atoms with Gasteiger partial charge in [-0.05, 0) is 70.6 Å². The molecule has 11 heteroatoms. The molecule has 0 aliphatic heterocycles. The Hall–Kier alpha value is -4.02. The molecule has 3 rings (SSSR count). The van der Waals surface area contributed by atoms with E-state index in [1.54, 1.807) is 12.1 Å². The van der Waals surface area contributed by atoms with Crippen LogP contribution in [0.3, 0.4) is 0 Å². The van der Waals surface area contributed by atoms with Crippen molar-refractivity contribution in [3.05, 3.63) is 88.0 Å². The molecule has 3 aromatic rings. The van der Waals surface area contributed by atoms with Crippen molar-refractivity contribution in [1.29, 1.82) is 0 Å². The van der Waals surface area contributed by atoms with Gasteiger partial charge >= 0.3 is 18.4 Å². The van der Waals surface area contributed by atoms with Crippen molar-refractivity contribution in [3.63, 3.8) is 0 Å². The van der Waals surface area contributed by atoms with Crippen LogP contribution in [0.5, 0.6) is 5.75 Å². The second kappa shape index (κ2) is 12.0. The molecule has 0 fully saturated rings. The fourth-order valence-electron chi connectivity index (χ4n) is 4.24. The van der Waals surface area contributed by atoms with Crippen molar-refractivity contribution in [3.8, 4) is 16.9 Å². The highest BCUT2D eigenvalue weighted by Gasteiger charge is 2.33. The third-order valence-corrected chi connectivity index (χ3v) is 6.26. The molecule has 3 aromatic carbocycles. The molecule has 0 unspecified atom stereocenters. The van der Waals surface area contributed by atoms with Gasteiger partial charge in [0.2, 0.25) is 0 Å². The van der Waals surface area contributed by atoms with E-state index in [0.29, 0.717) is 22.9 Å². The highest BCUT2D eigenvalue weighted by atomic mass is 19.4. The predicted octanol–water partition coefficient (Wildman–Crippen LogP) is 8.10. The summed E-state index contributed by atoms with van der Waals surface area (Å²) in [5.41, 5.74) is -0.661. The molecule has 0 aromatic heterocycles. The molecule has 0 N–H and O–H groups in total. The second-order valence-corrected chi connectivity index (χ2v) is 9.39. The van der Waals surface area contributed by atoms with Gasteiger partial charge in [-0.3, -0.25) is 9.69 Å². The number of nitrogens with zero attached hydrogens (tertiary/aromatic N) is 1. The molecule has 0 radical (unpaired) electrons. The fraction of sp³-hybridized carbons (Fsp3) is 0.310. The van der Waals surface area contributed by atoms with Gasteiger partial charge in [-0.25, -0.2) is 4.79 Å². The lowest BCUT2D eigenvalue weighted by Gasteiger charge is -2.25. The SMILES string of the molecule is COC(=O)N(Cc1cc(C=O)cc(C(F)(F)F)c1)Cc1cc(C(F)(F)F)ccc1-c1cc(C(C)C)ccc1OC. The molecule has 214 valence electrons. The van der Waals surface area contributed by atoms with Gasteiger partial charge in [0.25, 0.3) is 0 Å². The number of hydrogen-bond acceptors (Lipinski definition) is 4. The van der Waals surface area contributed by atoms with Crippen LogP contribution in [-0.4, -0.2) is 31.5 Å². The molecule has 0 atom stereocenters. The van der Waals surface area contributed by atoms with Crippen LogP contribution >= 0.6 is 0 Å². The Morgan fingerprint density at radius 1 is 0.850 bits per heavy atom. The maximum atomic E-state index is 13.7. The third-order valence-electron chi connectivity index (χ3n) is 6.26. The molecule has 40 heavy (non-hydrogen) atoms. The molecule has 1 amide bonds. The standard InChI is InChI=1S/C29H27F6NO4/c1-17(2)20-5-8-26(39-3)25(13-20)24-7-6-22(28(30,31)32)12-21(24)15-36(27(38)40-4)14-18-9-19(16-37)11-23(10-18)29(33,34)35/h5-13,16-17H,14-15H2,1-4H3. The first-order valence-electron chi connectivity index (χ1n) is 12.1. The molecular weight excluding hydrogens is 540 g/mol. The first-order valence-corrected chi connectivity index (χ1v) is 12.1. The summed E-state index contributed by atoms with van der Waals surface area (Å²) in [4.78, 5) is 25.0. The molecule has 0 saturated carbocycles. The number of rotatable bonds is 8. The molecule has 0 heterocycles. The minimum Gasteiger partial charge on any atom is -0.496 e. The average molecular weight is 568 g/mol. The molecule has 0 saturated heterocycles. The van der Waals surface area contributed by atoms with Gasteiger partial charge in [0.05, 0.1) is 25.3 Å². The van der Waals surface area contributed by atoms with Gasteiger partial charge in [-0.15, -0.1) is 0 Å². The maximum Gasteiger partial charge on any atom is 0.416 e. The number of amides is 1. The summed E-state index contributed by atoms with van der Waals surface area (Å²) < 4.78 is 91.6. The number of halogens is 6. The largest absolute Gasteiger partial charge is 0.496 e. The number of alkyl halides is 6. The maximum absolute atomic E-state index is 13.7. The van der Waals surface area contributed by atoms with Crippen LogP contribution < -0.4 is 4.74 Å². The lowest BCUT2D eigenvalue weighted by Crippen LogP contribution is -2.30. The molecule has 0 aliphatic rings. The van der Waals surface area contributed by atoms with E-state index in [4.69, 9.17) is 9.47 Å². The van der Waals surface area contributed by atoms with Crippen molar-refractivity contribution < 1.29 is 45.4 Å². The van der Waals surface area contributed by atoms with E-state index in [1.165, 1.54) is 19.2 Å². The Labute approximate surface area is 227 Å². The van der Waals surface area contributed by atoms with E-state index in [1.807, 2.05) is 19.9 Å². The first kappa shape index (κ1) is 30.5. The lowest BCUT2D eigenvalue weighted by atomic mass is 9.92. The summed E-state index contributed by atoms with van der Waals surface area (Å²) in [7, 11) is 2.46. The minimum absolute atomic E-state index is 0.0574. The zero-order chi connectivity index (χ0) is 29.8.